The second-order valence-corrected chi connectivity index (χ2v) is 11.3. The summed E-state index contributed by atoms with van der Waals surface area (Å²) in [5.41, 5.74) is 0.0959. The van der Waals surface area contributed by atoms with Crippen LogP contribution in [-0.2, 0) is 23.0 Å². The van der Waals surface area contributed by atoms with Gasteiger partial charge in [0, 0.05) is 17.8 Å². The highest BCUT2D eigenvalue weighted by Gasteiger charge is 2.29. The molecule has 2 heterocycles. The lowest BCUT2D eigenvalue weighted by Crippen LogP contribution is -2.25. The molecule has 0 spiro atoms. The zero-order chi connectivity index (χ0) is 26.9. The number of amides is 1. The highest BCUT2D eigenvalue weighted by Crippen LogP contribution is 2.37. The Balaban J connectivity index is 1.67. The summed E-state index contributed by atoms with van der Waals surface area (Å²) in [6, 6.07) is 3.46. The minimum atomic E-state index is -0.821. The number of hydrogen-bond acceptors (Lipinski definition) is 7. The number of halogens is 2. The SMILES string of the molecule is Cn1ncc(NC(=O)c2nc(-c3c(F)cccc3F)sc2CC(=O)OC(C)(C)C)c1C1CCC(O)CC1. The Morgan fingerprint density at radius 1 is 1.19 bits per heavy atom. The topological polar surface area (TPSA) is 106 Å². The monoisotopic (exact) mass is 532 g/mol. The molecular weight excluding hydrogens is 502 g/mol. The first kappa shape index (κ1) is 26.9. The Morgan fingerprint density at radius 2 is 1.84 bits per heavy atom. The smallest absolute Gasteiger partial charge is 0.311 e. The van der Waals surface area contributed by atoms with Crippen molar-refractivity contribution < 1.29 is 28.2 Å². The highest BCUT2D eigenvalue weighted by atomic mass is 32.1. The van der Waals surface area contributed by atoms with E-state index >= 15 is 0 Å². The minimum Gasteiger partial charge on any atom is -0.460 e. The molecule has 1 amide bonds. The van der Waals surface area contributed by atoms with Gasteiger partial charge >= 0.3 is 5.97 Å². The lowest BCUT2D eigenvalue weighted by atomic mass is 9.85. The molecule has 11 heteroatoms. The molecule has 0 bridgehead atoms. The van der Waals surface area contributed by atoms with E-state index < -0.39 is 29.1 Å². The van der Waals surface area contributed by atoms with Crippen molar-refractivity contribution in [2.24, 2.45) is 7.05 Å². The number of thiazole rings is 1. The molecule has 8 nitrogen and oxygen atoms in total. The Kier molecular flexibility index (Phi) is 7.75. The first-order valence-electron chi connectivity index (χ1n) is 12.1. The van der Waals surface area contributed by atoms with Crippen LogP contribution < -0.4 is 5.32 Å². The molecule has 2 N–H and O–H groups in total. The number of nitrogens with zero attached hydrogens (tertiary/aromatic N) is 3. The van der Waals surface area contributed by atoms with Gasteiger partial charge in [0.1, 0.15) is 27.9 Å². The predicted octanol–water partition coefficient (Wildman–Crippen LogP) is 4.98. The third-order valence-corrected chi connectivity index (χ3v) is 7.20. The Hall–Kier alpha value is -3.18. The van der Waals surface area contributed by atoms with Crippen LogP contribution in [-0.4, -0.2) is 43.5 Å². The maximum atomic E-state index is 14.5. The number of aryl methyl sites for hydroxylation is 1. The van der Waals surface area contributed by atoms with Crippen LogP contribution in [0.4, 0.5) is 14.5 Å². The number of aliphatic hydroxyl groups is 1. The fourth-order valence-electron chi connectivity index (χ4n) is 4.52. The molecule has 37 heavy (non-hydrogen) atoms. The van der Waals surface area contributed by atoms with E-state index in [-0.39, 0.29) is 39.6 Å². The molecule has 0 radical (unpaired) electrons. The summed E-state index contributed by atoms with van der Waals surface area (Å²) < 4.78 is 36.1. The van der Waals surface area contributed by atoms with Crippen LogP contribution in [0.5, 0.6) is 0 Å². The van der Waals surface area contributed by atoms with Gasteiger partial charge in [-0.2, -0.15) is 5.10 Å². The van der Waals surface area contributed by atoms with Crippen LogP contribution >= 0.6 is 11.3 Å². The number of esters is 1. The second-order valence-electron chi connectivity index (χ2n) is 10.2. The van der Waals surface area contributed by atoms with Crippen LogP contribution in [0.1, 0.15) is 73.4 Å². The summed E-state index contributed by atoms with van der Waals surface area (Å²) in [7, 11) is 1.78. The number of benzene rings is 1. The van der Waals surface area contributed by atoms with E-state index in [1.807, 2.05) is 0 Å². The Morgan fingerprint density at radius 3 is 2.46 bits per heavy atom. The fraction of sp³-hybridized carbons (Fsp3) is 0.462. The van der Waals surface area contributed by atoms with Crippen molar-refractivity contribution in [2.75, 3.05) is 5.32 Å². The van der Waals surface area contributed by atoms with E-state index in [1.165, 1.54) is 12.3 Å². The van der Waals surface area contributed by atoms with E-state index in [4.69, 9.17) is 4.74 Å². The lowest BCUT2D eigenvalue weighted by molar-refractivity contribution is -0.153. The summed E-state index contributed by atoms with van der Waals surface area (Å²) in [5.74, 6) is -2.75. The molecule has 0 saturated heterocycles. The molecule has 2 aromatic heterocycles. The van der Waals surface area contributed by atoms with E-state index in [0.717, 1.165) is 42.0 Å². The van der Waals surface area contributed by atoms with Gasteiger partial charge in [-0.05, 0) is 58.6 Å². The maximum absolute atomic E-state index is 14.5. The molecular formula is C26H30F2N4O4S. The van der Waals surface area contributed by atoms with Crippen molar-refractivity contribution in [3.63, 3.8) is 0 Å². The van der Waals surface area contributed by atoms with Crippen molar-refractivity contribution in [3.05, 3.63) is 52.3 Å². The van der Waals surface area contributed by atoms with Crippen LogP contribution in [0.2, 0.25) is 0 Å². The van der Waals surface area contributed by atoms with Crippen molar-refractivity contribution in [2.45, 2.75) is 70.5 Å². The average Bonchev–Trinajstić information content (AvgIpc) is 3.36. The molecule has 198 valence electrons. The van der Waals surface area contributed by atoms with Crippen molar-refractivity contribution in [1.82, 2.24) is 14.8 Å². The summed E-state index contributed by atoms with van der Waals surface area (Å²) in [6.45, 7) is 5.17. The van der Waals surface area contributed by atoms with E-state index in [1.54, 1.807) is 32.5 Å². The minimum absolute atomic E-state index is 0.0491. The molecule has 1 fully saturated rings. The molecule has 0 atom stereocenters. The van der Waals surface area contributed by atoms with Gasteiger partial charge in [0.25, 0.3) is 5.91 Å². The van der Waals surface area contributed by atoms with Gasteiger partial charge in [-0.3, -0.25) is 14.3 Å². The molecule has 1 aliphatic rings. The first-order chi connectivity index (χ1) is 17.4. The molecule has 0 unspecified atom stereocenters. The summed E-state index contributed by atoms with van der Waals surface area (Å²) in [5, 5.41) is 17.0. The third kappa shape index (κ3) is 6.22. The standard InChI is InChI=1S/C26H30F2N4O4S/c1-26(2,3)36-20(34)12-19-22(31-25(37-19)21-16(27)6-5-7-17(21)28)24(35)30-18-13-29-32(4)23(18)14-8-10-15(33)11-9-14/h5-7,13-15,33H,8-12H2,1-4H3,(H,30,35). The second kappa shape index (κ2) is 10.7. The number of ether oxygens (including phenoxy) is 1. The maximum Gasteiger partial charge on any atom is 0.311 e. The molecule has 1 aromatic carbocycles. The lowest BCUT2D eigenvalue weighted by Gasteiger charge is -2.26. The molecule has 1 saturated carbocycles. The number of rotatable bonds is 6. The van der Waals surface area contributed by atoms with Gasteiger partial charge in [-0.1, -0.05) is 6.07 Å². The van der Waals surface area contributed by atoms with Gasteiger partial charge in [-0.15, -0.1) is 11.3 Å². The quantitative estimate of drug-likeness (QED) is 0.434. The zero-order valence-corrected chi connectivity index (χ0v) is 22.0. The highest BCUT2D eigenvalue weighted by molar-refractivity contribution is 7.15. The summed E-state index contributed by atoms with van der Waals surface area (Å²) in [6.07, 6.45) is 3.75. The van der Waals surface area contributed by atoms with E-state index in [9.17, 15) is 23.5 Å². The van der Waals surface area contributed by atoms with E-state index in [2.05, 4.69) is 15.4 Å². The average molecular weight is 533 g/mol. The largest absolute Gasteiger partial charge is 0.460 e. The van der Waals surface area contributed by atoms with Gasteiger partial charge in [-0.25, -0.2) is 13.8 Å². The zero-order valence-electron chi connectivity index (χ0n) is 21.2. The number of carbonyl (C=O) groups is 2. The number of aromatic nitrogens is 3. The summed E-state index contributed by atoms with van der Waals surface area (Å²) in [4.78, 5) is 30.5. The van der Waals surface area contributed by atoms with Crippen LogP contribution in [0.25, 0.3) is 10.6 Å². The van der Waals surface area contributed by atoms with Crippen LogP contribution in [0.3, 0.4) is 0 Å². The van der Waals surface area contributed by atoms with E-state index in [0.29, 0.717) is 18.5 Å². The molecule has 0 aliphatic heterocycles. The van der Waals surface area contributed by atoms with Gasteiger partial charge in [0.05, 0.1) is 35.7 Å². The predicted molar refractivity (Wildman–Crippen MR) is 135 cm³/mol. The molecule has 3 aromatic rings. The first-order valence-corrected chi connectivity index (χ1v) is 12.9. The summed E-state index contributed by atoms with van der Waals surface area (Å²) >= 11 is 0.870. The molecule has 1 aliphatic carbocycles. The van der Waals surface area contributed by atoms with Crippen molar-refractivity contribution in [1.29, 1.82) is 0 Å². The van der Waals surface area contributed by atoms with Crippen LogP contribution in [0, 0.1) is 11.6 Å². The number of carbonyl (C=O) groups excluding carboxylic acids is 2. The van der Waals surface area contributed by atoms with Gasteiger partial charge in [0.2, 0.25) is 0 Å². The fourth-order valence-corrected chi connectivity index (χ4v) is 5.62. The number of aliphatic hydroxyl groups excluding tert-OH is 1. The molecule has 4 rings (SSSR count). The Labute approximate surface area is 217 Å². The third-order valence-electron chi connectivity index (χ3n) is 6.13. The van der Waals surface area contributed by atoms with Crippen molar-refractivity contribution >= 4 is 28.9 Å². The van der Waals surface area contributed by atoms with Gasteiger partial charge in [0.15, 0.2) is 0 Å². The number of anilines is 1. The van der Waals surface area contributed by atoms with Crippen molar-refractivity contribution in [3.8, 4) is 10.6 Å². The van der Waals surface area contributed by atoms with Gasteiger partial charge < -0.3 is 15.2 Å². The Bertz CT molecular complexity index is 1290. The normalized spacial score (nSPS) is 18.0. The number of hydrogen-bond donors (Lipinski definition) is 2. The number of nitrogens with one attached hydrogen (secondary N) is 1. The van der Waals surface area contributed by atoms with Crippen LogP contribution in [0.15, 0.2) is 24.4 Å².